The number of fused-ring (bicyclic) bond motifs is 1. The van der Waals surface area contributed by atoms with E-state index in [0.717, 1.165) is 28.2 Å². The number of aromatic nitrogens is 4. The van der Waals surface area contributed by atoms with Gasteiger partial charge < -0.3 is 15.3 Å². The monoisotopic (exact) mass is 433 g/mol. The molecule has 27 heavy (non-hydrogen) atoms. The van der Waals surface area contributed by atoms with Crippen LogP contribution in [0.2, 0.25) is 0 Å². The number of tetrazole rings is 1. The molecule has 3 N–H and O–H groups in total. The van der Waals surface area contributed by atoms with Crippen molar-refractivity contribution in [1.29, 1.82) is 0 Å². The number of hydrogen-bond donors (Lipinski definition) is 3. The number of carbonyl (C=O) groups is 3. The van der Waals surface area contributed by atoms with Gasteiger partial charge in [-0.2, -0.15) is 0 Å². The Morgan fingerprint density at radius 2 is 2.11 bits per heavy atom. The Morgan fingerprint density at radius 1 is 1.41 bits per heavy atom. The predicted molar refractivity (Wildman–Crippen MR) is 96.4 cm³/mol. The molecule has 14 heteroatoms. The summed E-state index contributed by atoms with van der Waals surface area (Å²) in [6.45, 7) is 2.89. The van der Waals surface area contributed by atoms with Crippen LogP contribution in [0.25, 0.3) is 0 Å². The van der Waals surface area contributed by atoms with Gasteiger partial charge in [0.05, 0.1) is 10.3 Å². The van der Waals surface area contributed by atoms with Crippen LogP contribution in [0.5, 0.6) is 0 Å². The first-order chi connectivity index (χ1) is 12.7. The maximum atomic E-state index is 12.5. The molecule has 1 amide bonds. The third-order valence-electron chi connectivity index (χ3n) is 3.85. The minimum Gasteiger partial charge on any atom is -0.480 e. The van der Waals surface area contributed by atoms with Crippen molar-refractivity contribution in [1.82, 2.24) is 25.1 Å². The number of thioether (sulfide) groups is 3. The van der Waals surface area contributed by atoms with Crippen LogP contribution in [0.4, 0.5) is 0 Å². The number of carbonyl (C=O) groups excluding carboxylic acids is 1. The van der Waals surface area contributed by atoms with E-state index in [1.54, 1.807) is 0 Å². The van der Waals surface area contributed by atoms with Gasteiger partial charge in [0, 0.05) is 0 Å². The van der Waals surface area contributed by atoms with Crippen molar-refractivity contribution in [3.8, 4) is 0 Å². The van der Waals surface area contributed by atoms with E-state index in [4.69, 9.17) is 5.11 Å². The molecule has 146 valence electrons. The van der Waals surface area contributed by atoms with E-state index in [-0.39, 0.29) is 15.1 Å². The van der Waals surface area contributed by atoms with Crippen molar-refractivity contribution in [3.05, 3.63) is 9.93 Å². The van der Waals surface area contributed by atoms with Crippen LogP contribution in [-0.4, -0.2) is 74.3 Å². The number of carboxylic acids is 2. The molecule has 1 aromatic heterocycles. The quantitative estimate of drug-likeness (QED) is 0.475. The second-order valence-electron chi connectivity index (χ2n) is 5.61. The van der Waals surface area contributed by atoms with Crippen LogP contribution in [0.15, 0.2) is 15.1 Å². The van der Waals surface area contributed by atoms with E-state index in [9.17, 15) is 24.6 Å². The molecule has 0 radical (unpaired) electrons. The third-order valence-corrected chi connectivity index (χ3v) is 8.05. The number of amides is 1. The third kappa shape index (κ3) is 3.19. The summed E-state index contributed by atoms with van der Waals surface area (Å²) in [6.07, 6.45) is -0.947. The molecule has 11 nitrogen and oxygen atoms in total. The highest BCUT2D eigenvalue weighted by Crippen LogP contribution is 2.66. The fourth-order valence-electron chi connectivity index (χ4n) is 2.90. The van der Waals surface area contributed by atoms with Crippen LogP contribution >= 0.6 is 35.3 Å². The average molecular weight is 433 g/mol. The van der Waals surface area contributed by atoms with Gasteiger partial charge in [0.1, 0.15) is 12.5 Å². The number of rotatable bonds is 8. The zero-order valence-corrected chi connectivity index (χ0v) is 16.5. The molecule has 2 aliphatic heterocycles. The van der Waals surface area contributed by atoms with Gasteiger partial charge >= 0.3 is 11.9 Å². The number of nitrogens with zero attached hydrogens (tertiary/aromatic N) is 5. The van der Waals surface area contributed by atoms with Gasteiger partial charge in [-0.05, 0) is 34.9 Å². The number of carboxylic acid groups (broad SMARTS) is 2. The highest BCUT2D eigenvalue weighted by atomic mass is 32.2. The molecule has 0 spiro atoms. The largest absolute Gasteiger partial charge is 0.480 e. The maximum Gasteiger partial charge on any atom is 0.354 e. The second kappa shape index (κ2) is 7.33. The van der Waals surface area contributed by atoms with E-state index in [1.807, 2.05) is 6.92 Å². The standard InChI is InChI=1S/C13H15N5O6S3/c1-3-25-13-7(5(2)19)9(22)18(13)8(10(23)24)11(27-13)26-12-14-15-16-17(12)4-6(20)21/h5,7,19H,3-4H2,1-2H3,(H,20,21)(H,23,24)/t5?,7-,13+/m0/s1. The average Bonchev–Trinajstić information content (AvgIpc) is 3.08. The Morgan fingerprint density at radius 3 is 2.67 bits per heavy atom. The van der Waals surface area contributed by atoms with E-state index in [1.165, 1.54) is 23.6 Å². The molecule has 1 saturated heterocycles. The van der Waals surface area contributed by atoms with E-state index < -0.39 is 40.6 Å². The summed E-state index contributed by atoms with van der Waals surface area (Å²) in [6, 6.07) is 0. The van der Waals surface area contributed by atoms with Crippen molar-refractivity contribution < 1.29 is 29.7 Å². The molecule has 1 aromatic rings. The SMILES string of the molecule is CCS[C@]12SC(Sc3nnnn3CC(=O)O)=C(C(=O)O)N1C(=O)[C@@H]2C(C)O. The molecule has 1 unspecified atom stereocenters. The summed E-state index contributed by atoms with van der Waals surface area (Å²) in [5.41, 5.74) is -0.210. The summed E-state index contributed by atoms with van der Waals surface area (Å²) in [5, 5.41) is 39.5. The molecule has 0 bridgehead atoms. The van der Waals surface area contributed by atoms with Crippen molar-refractivity contribution in [2.45, 2.75) is 35.9 Å². The lowest BCUT2D eigenvalue weighted by Crippen LogP contribution is -2.68. The smallest absolute Gasteiger partial charge is 0.354 e. The van der Waals surface area contributed by atoms with Crippen LogP contribution < -0.4 is 0 Å². The molecule has 0 aromatic carbocycles. The first-order valence-corrected chi connectivity index (χ1v) is 10.3. The molecule has 2 aliphatic rings. The molecular weight excluding hydrogens is 418 g/mol. The maximum absolute atomic E-state index is 12.5. The molecule has 3 atom stereocenters. The predicted octanol–water partition coefficient (Wildman–Crippen LogP) is 0.0964. The van der Waals surface area contributed by atoms with Gasteiger partial charge in [-0.25, -0.2) is 9.48 Å². The summed E-state index contributed by atoms with van der Waals surface area (Å²) in [4.78, 5) is 36.5. The zero-order valence-electron chi connectivity index (χ0n) is 14.1. The van der Waals surface area contributed by atoms with Crippen LogP contribution in [-0.2, 0) is 20.9 Å². The fraction of sp³-hybridized carbons (Fsp3) is 0.538. The minimum absolute atomic E-state index is 0.0962. The van der Waals surface area contributed by atoms with Gasteiger partial charge in [0.2, 0.25) is 11.1 Å². The summed E-state index contributed by atoms with van der Waals surface area (Å²) in [7, 11) is 0. The Bertz CT molecular complexity index is 842. The lowest BCUT2D eigenvalue weighted by atomic mass is 9.91. The van der Waals surface area contributed by atoms with Gasteiger partial charge in [0.25, 0.3) is 0 Å². The first kappa shape index (κ1) is 20.0. The fourth-order valence-corrected chi connectivity index (χ4v) is 7.84. The van der Waals surface area contributed by atoms with Gasteiger partial charge in [-0.15, -0.1) is 16.9 Å². The zero-order chi connectivity index (χ0) is 19.9. The lowest BCUT2D eigenvalue weighted by molar-refractivity contribution is -0.159. The first-order valence-electron chi connectivity index (χ1n) is 7.71. The topological polar surface area (TPSA) is 159 Å². The molecule has 3 rings (SSSR count). The van der Waals surface area contributed by atoms with E-state index in [0.29, 0.717) is 5.75 Å². The number of hydrogen-bond acceptors (Lipinski definition) is 10. The summed E-state index contributed by atoms with van der Waals surface area (Å²) in [5.74, 6) is -3.06. The van der Waals surface area contributed by atoms with Crippen molar-refractivity contribution in [2.75, 3.05) is 5.75 Å². The van der Waals surface area contributed by atoms with Crippen LogP contribution in [0, 0.1) is 5.92 Å². The summed E-state index contributed by atoms with van der Waals surface area (Å²) >= 11 is 3.40. The normalized spacial score (nSPS) is 25.4. The molecule has 1 fully saturated rings. The highest BCUT2D eigenvalue weighted by molar-refractivity contribution is 8.29. The number of aliphatic hydroxyl groups excluding tert-OH is 1. The Balaban J connectivity index is 1.98. The van der Waals surface area contributed by atoms with Crippen LogP contribution in [0.3, 0.4) is 0 Å². The van der Waals surface area contributed by atoms with E-state index >= 15 is 0 Å². The minimum atomic E-state index is -1.29. The Hall–Kier alpha value is -1.77. The van der Waals surface area contributed by atoms with Gasteiger partial charge in [-0.1, -0.05) is 18.7 Å². The van der Waals surface area contributed by atoms with Crippen molar-refractivity contribution in [2.24, 2.45) is 5.92 Å². The van der Waals surface area contributed by atoms with Crippen LogP contribution in [0.1, 0.15) is 13.8 Å². The second-order valence-corrected chi connectivity index (χ2v) is 9.83. The Kier molecular flexibility index (Phi) is 5.42. The number of aliphatic carboxylic acids is 2. The number of aliphatic hydroxyl groups is 1. The molecule has 0 saturated carbocycles. The van der Waals surface area contributed by atoms with Gasteiger partial charge in [0.15, 0.2) is 9.90 Å². The molecular formula is C13H15N5O6S3. The summed E-state index contributed by atoms with van der Waals surface area (Å²) < 4.78 is 0.339. The van der Waals surface area contributed by atoms with Crippen molar-refractivity contribution >= 4 is 53.1 Å². The Labute approximate surface area is 165 Å². The molecule has 0 aliphatic carbocycles. The lowest BCUT2D eigenvalue weighted by Gasteiger charge is -2.53. The van der Waals surface area contributed by atoms with Crippen molar-refractivity contribution in [3.63, 3.8) is 0 Å². The highest BCUT2D eigenvalue weighted by Gasteiger charge is 2.69. The number of β-lactam (4-membered cyclic amide) rings is 1. The molecule has 3 heterocycles. The van der Waals surface area contributed by atoms with E-state index in [2.05, 4.69) is 15.5 Å². The van der Waals surface area contributed by atoms with Gasteiger partial charge in [-0.3, -0.25) is 14.5 Å².